The minimum Gasteiger partial charge on any atom is -0.487 e. The molecule has 0 spiro atoms. The summed E-state index contributed by atoms with van der Waals surface area (Å²) >= 11 is 0. The molecule has 0 aliphatic carbocycles. The standard InChI is InChI=1S/C19H16N2O5S/c22-19-11-21(27(23,24)20-19)17-10-15(16-8-9-25-13-16)6-7-18(17)26-12-14-4-2-1-3-5-14/h1-10,13H,11-12H2,(H,20,22). The highest BCUT2D eigenvalue weighted by atomic mass is 32.2. The van der Waals surface area contributed by atoms with E-state index in [4.69, 9.17) is 9.15 Å². The molecule has 0 unspecified atom stereocenters. The molecule has 1 aliphatic heterocycles. The number of amides is 1. The zero-order chi connectivity index (χ0) is 18.9. The summed E-state index contributed by atoms with van der Waals surface area (Å²) in [4.78, 5) is 11.7. The van der Waals surface area contributed by atoms with Crippen LogP contribution in [0.5, 0.6) is 5.75 Å². The van der Waals surface area contributed by atoms with Gasteiger partial charge in [0.2, 0.25) is 0 Å². The number of furan rings is 1. The number of nitrogens with one attached hydrogen (secondary N) is 1. The Labute approximate surface area is 156 Å². The lowest BCUT2D eigenvalue weighted by atomic mass is 10.1. The van der Waals surface area contributed by atoms with Crippen LogP contribution in [0.2, 0.25) is 0 Å². The van der Waals surface area contributed by atoms with Crippen LogP contribution in [-0.2, 0) is 21.6 Å². The minimum atomic E-state index is -3.95. The Morgan fingerprint density at radius 1 is 1.07 bits per heavy atom. The van der Waals surface area contributed by atoms with Gasteiger partial charge in [-0.2, -0.15) is 8.42 Å². The predicted molar refractivity (Wildman–Crippen MR) is 99.3 cm³/mol. The number of hydrogen-bond donors (Lipinski definition) is 1. The highest BCUT2D eigenvalue weighted by molar-refractivity contribution is 7.92. The van der Waals surface area contributed by atoms with E-state index >= 15 is 0 Å². The molecule has 0 bridgehead atoms. The topological polar surface area (TPSA) is 88.9 Å². The Kier molecular flexibility index (Phi) is 4.33. The third kappa shape index (κ3) is 3.52. The Morgan fingerprint density at radius 3 is 2.56 bits per heavy atom. The largest absolute Gasteiger partial charge is 0.487 e. The van der Waals surface area contributed by atoms with Gasteiger partial charge in [-0.25, -0.2) is 9.03 Å². The number of ether oxygens (including phenoxy) is 1. The molecule has 1 N–H and O–H groups in total. The average Bonchev–Trinajstić information content (AvgIpc) is 3.28. The van der Waals surface area contributed by atoms with Gasteiger partial charge in [0.1, 0.15) is 18.9 Å². The van der Waals surface area contributed by atoms with Crippen molar-refractivity contribution >= 4 is 21.8 Å². The summed E-state index contributed by atoms with van der Waals surface area (Å²) in [5.74, 6) is -0.219. The van der Waals surface area contributed by atoms with Crippen molar-refractivity contribution in [3.8, 4) is 16.9 Å². The quantitative estimate of drug-likeness (QED) is 0.731. The van der Waals surface area contributed by atoms with Crippen LogP contribution in [0.25, 0.3) is 11.1 Å². The second-order valence-corrected chi connectivity index (χ2v) is 7.60. The first-order chi connectivity index (χ1) is 13.0. The monoisotopic (exact) mass is 384 g/mol. The summed E-state index contributed by atoms with van der Waals surface area (Å²) in [5.41, 5.74) is 2.78. The maximum Gasteiger partial charge on any atom is 0.326 e. The maximum atomic E-state index is 12.3. The molecule has 3 aromatic rings. The van der Waals surface area contributed by atoms with Gasteiger partial charge in [0.25, 0.3) is 5.91 Å². The number of benzene rings is 2. The fourth-order valence-corrected chi connectivity index (χ4v) is 3.99. The molecular weight excluding hydrogens is 368 g/mol. The SMILES string of the molecule is O=C1CN(c2cc(-c3ccoc3)ccc2OCc2ccccc2)S(=O)(=O)N1. The van der Waals surface area contributed by atoms with Gasteiger partial charge in [-0.05, 0) is 29.3 Å². The number of anilines is 1. The molecule has 4 rings (SSSR count). The summed E-state index contributed by atoms with van der Waals surface area (Å²) in [6, 6.07) is 16.5. The first kappa shape index (κ1) is 17.2. The first-order valence-corrected chi connectivity index (χ1v) is 9.63. The second-order valence-electron chi connectivity index (χ2n) is 6.01. The van der Waals surface area contributed by atoms with Crippen molar-refractivity contribution in [1.82, 2.24) is 4.72 Å². The van der Waals surface area contributed by atoms with Crippen molar-refractivity contribution in [2.24, 2.45) is 0 Å². The summed E-state index contributed by atoms with van der Waals surface area (Å²) < 4.78 is 38.6. The predicted octanol–water partition coefficient (Wildman–Crippen LogP) is 2.71. The van der Waals surface area contributed by atoms with E-state index in [1.807, 2.05) is 41.1 Å². The van der Waals surface area contributed by atoms with E-state index in [0.717, 1.165) is 21.0 Å². The molecule has 0 radical (unpaired) electrons. The fourth-order valence-electron chi connectivity index (χ4n) is 2.84. The van der Waals surface area contributed by atoms with Crippen LogP contribution >= 0.6 is 0 Å². The molecule has 1 aromatic heterocycles. The van der Waals surface area contributed by atoms with E-state index in [0.29, 0.717) is 11.4 Å². The van der Waals surface area contributed by atoms with E-state index in [1.165, 1.54) is 6.26 Å². The van der Waals surface area contributed by atoms with Gasteiger partial charge in [-0.1, -0.05) is 36.4 Å². The van der Waals surface area contributed by atoms with Crippen LogP contribution in [0.3, 0.4) is 0 Å². The van der Waals surface area contributed by atoms with Gasteiger partial charge in [-0.15, -0.1) is 0 Å². The van der Waals surface area contributed by atoms with Crippen molar-refractivity contribution in [3.05, 3.63) is 72.7 Å². The lowest BCUT2D eigenvalue weighted by Crippen LogP contribution is -2.29. The van der Waals surface area contributed by atoms with Gasteiger partial charge in [-0.3, -0.25) is 4.79 Å². The third-order valence-electron chi connectivity index (χ3n) is 4.14. The smallest absolute Gasteiger partial charge is 0.326 e. The molecule has 1 amide bonds. The van der Waals surface area contributed by atoms with Gasteiger partial charge in [0.05, 0.1) is 18.2 Å². The van der Waals surface area contributed by atoms with Crippen molar-refractivity contribution in [1.29, 1.82) is 0 Å². The highest BCUT2D eigenvalue weighted by Gasteiger charge is 2.36. The number of carbonyl (C=O) groups excluding carboxylic acids is 1. The Hall–Kier alpha value is -3.26. The molecule has 0 atom stereocenters. The molecular formula is C19H16N2O5S. The molecule has 2 aromatic carbocycles. The van der Waals surface area contributed by atoms with Crippen LogP contribution < -0.4 is 13.8 Å². The van der Waals surface area contributed by atoms with E-state index in [1.54, 1.807) is 24.5 Å². The van der Waals surface area contributed by atoms with Gasteiger partial charge in [0.15, 0.2) is 0 Å². The number of hydrogen-bond acceptors (Lipinski definition) is 5. The molecule has 1 fully saturated rings. The minimum absolute atomic E-state index is 0.272. The molecule has 1 aliphatic rings. The normalized spacial score (nSPS) is 15.6. The van der Waals surface area contributed by atoms with Gasteiger partial charge >= 0.3 is 10.2 Å². The van der Waals surface area contributed by atoms with Crippen LogP contribution in [0.15, 0.2) is 71.5 Å². The molecule has 0 saturated carbocycles. The molecule has 138 valence electrons. The fraction of sp³-hybridized carbons (Fsp3) is 0.105. The van der Waals surface area contributed by atoms with Gasteiger partial charge in [0, 0.05) is 5.56 Å². The molecule has 7 nitrogen and oxygen atoms in total. The lowest BCUT2D eigenvalue weighted by molar-refractivity contribution is -0.117. The lowest BCUT2D eigenvalue weighted by Gasteiger charge is -2.20. The summed E-state index contributed by atoms with van der Waals surface area (Å²) in [6.07, 6.45) is 3.10. The van der Waals surface area contributed by atoms with Crippen molar-refractivity contribution < 1.29 is 22.4 Å². The number of nitrogens with zero attached hydrogens (tertiary/aromatic N) is 1. The maximum absolute atomic E-state index is 12.3. The molecule has 27 heavy (non-hydrogen) atoms. The third-order valence-corrected chi connectivity index (χ3v) is 5.53. The Morgan fingerprint density at radius 2 is 1.89 bits per heavy atom. The van der Waals surface area contributed by atoms with E-state index in [-0.39, 0.29) is 13.2 Å². The molecule has 1 saturated heterocycles. The summed E-state index contributed by atoms with van der Waals surface area (Å²) in [5, 5.41) is 0. The average molecular weight is 384 g/mol. The highest BCUT2D eigenvalue weighted by Crippen LogP contribution is 2.36. The number of rotatable bonds is 5. The zero-order valence-electron chi connectivity index (χ0n) is 14.2. The van der Waals surface area contributed by atoms with E-state index < -0.39 is 16.1 Å². The van der Waals surface area contributed by atoms with Crippen LogP contribution in [0.4, 0.5) is 5.69 Å². The molecule has 8 heteroatoms. The molecule has 2 heterocycles. The van der Waals surface area contributed by atoms with E-state index in [9.17, 15) is 13.2 Å². The first-order valence-electron chi connectivity index (χ1n) is 8.19. The van der Waals surface area contributed by atoms with Gasteiger partial charge < -0.3 is 9.15 Å². The Bertz CT molecular complexity index is 1060. The Balaban J connectivity index is 1.72. The van der Waals surface area contributed by atoms with Crippen LogP contribution in [0.1, 0.15) is 5.56 Å². The van der Waals surface area contributed by atoms with Crippen LogP contribution in [0, 0.1) is 0 Å². The van der Waals surface area contributed by atoms with Crippen LogP contribution in [-0.4, -0.2) is 20.9 Å². The summed E-state index contributed by atoms with van der Waals surface area (Å²) in [6.45, 7) is -0.0208. The van der Waals surface area contributed by atoms with Crippen molar-refractivity contribution in [2.75, 3.05) is 10.8 Å². The summed E-state index contributed by atoms with van der Waals surface area (Å²) in [7, 11) is -3.95. The van der Waals surface area contributed by atoms with Crippen molar-refractivity contribution in [2.45, 2.75) is 6.61 Å². The number of carbonyl (C=O) groups is 1. The second kappa shape index (κ2) is 6.81. The zero-order valence-corrected chi connectivity index (χ0v) is 15.0. The van der Waals surface area contributed by atoms with Crippen molar-refractivity contribution in [3.63, 3.8) is 0 Å². The van der Waals surface area contributed by atoms with E-state index in [2.05, 4.69) is 0 Å².